The highest BCUT2D eigenvalue weighted by Crippen LogP contribution is 2.29. The van der Waals surface area contributed by atoms with Gasteiger partial charge in [-0.2, -0.15) is 0 Å². The summed E-state index contributed by atoms with van der Waals surface area (Å²) in [6.07, 6.45) is 5.91. The molecule has 0 aliphatic heterocycles. The molecule has 1 aromatic rings. The first-order valence-corrected chi connectivity index (χ1v) is 5.15. The van der Waals surface area contributed by atoms with Gasteiger partial charge in [0.15, 0.2) is 0 Å². The molecule has 1 aliphatic rings. The fourth-order valence-corrected chi connectivity index (χ4v) is 2.04. The molecule has 0 amide bonds. The van der Waals surface area contributed by atoms with Crippen molar-refractivity contribution in [3.05, 3.63) is 40.5 Å². The molecule has 0 heteroatoms. The minimum Gasteiger partial charge on any atom is -0.0655 e. The van der Waals surface area contributed by atoms with Crippen LogP contribution in [0.2, 0.25) is 0 Å². The molecule has 0 atom stereocenters. The summed E-state index contributed by atoms with van der Waals surface area (Å²) in [5, 5.41) is 0. The van der Waals surface area contributed by atoms with E-state index in [4.69, 9.17) is 0 Å². The summed E-state index contributed by atoms with van der Waals surface area (Å²) in [5.41, 5.74) is 6.11. The zero-order valence-corrected chi connectivity index (χ0v) is 8.43. The maximum atomic E-state index is 2.38. The summed E-state index contributed by atoms with van der Waals surface area (Å²) < 4.78 is 0. The first-order chi connectivity index (χ1) is 6.35. The number of rotatable bonds is 2. The minimum absolute atomic E-state index is 1.15. The van der Waals surface area contributed by atoms with Crippen LogP contribution < -0.4 is 0 Å². The Morgan fingerprint density at radius 3 is 2.69 bits per heavy atom. The Hall–Kier alpha value is -1.04. The van der Waals surface area contributed by atoms with E-state index in [1.807, 2.05) is 0 Å². The van der Waals surface area contributed by atoms with E-state index in [-0.39, 0.29) is 0 Å². The molecule has 0 bridgehead atoms. The van der Waals surface area contributed by atoms with Crippen LogP contribution in [0.15, 0.2) is 23.8 Å². The number of hydrogen-bond acceptors (Lipinski definition) is 0. The van der Waals surface area contributed by atoms with Crippen LogP contribution in [-0.4, -0.2) is 0 Å². The van der Waals surface area contributed by atoms with Gasteiger partial charge < -0.3 is 0 Å². The fraction of sp³-hybridized carbons (Fsp3) is 0.385. The molecule has 68 valence electrons. The zero-order chi connectivity index (χ0) is 9.26. The molecule has 2 rings (SSSR count). The second-order valence-corrected chi connectivity index (χ2v) is 3.68. The standard InChI is InChI=1S/C13H16/c1-3-10-8-12-7-5-6-11(4-2)13(12)9-10/h5-7,9H,3-4,8H2,1-2H3. The maximum Gasteiger partial charge on any atom is -0.00578 e. The highest BCUT2D eigenvalue weighted by molar-refractivity contribution is 5.66. The van der Waals surface area contributed by atoms with Gasteiger partial charge in [0, 0.05) is 0 Å². The molecule has 13 heavy (non-hydrogen) atoms. The fourth-order valence-electron chi connectivity index (χ4n) is 2.04. The Kier molecular flexibility index (Phi) is 2.22. The molecule has 0 saturated heterocycles. The number of aryl methyl sites for hydroxylation is 1. The predicted octanol–water partition coefficient (Wildman–Crippen LogP) is 3.60. The van der Waals surface area contributed by atoms with Crippen LogP contribution in [0.4, 0.5) is 0 Å². The first kappa shape index (κ1) is 8.55. The summed E-state index contributed by atoms with van der Waals surface area (Å²) >= 11 is 0. The number of hydrogen-bond donors (Lipinski definition) is 0. The molecular weight excluding hydrogens is 156 g/mol. The summed E-state index contributed by atoms with van der Waals surface area (Å²) in [5.74, 6) is 0. The molecular formula is C13H16. The lowest BCUT2D eigenvalue weighted by molar-refractivity contribution is 1.03. The zero-order valence-electron chi connectivity index (χ0n) is 8.43. The van der Waals surface area contributed by atoms with Crippen molar-refractivity contribution in [1.82, 2.24) is 0 Å². The minimum atomic E-state index is 1.15. The predicted molar refractivity (Wildman–Crippen MR) is 57.8 cm³/mol. The third kappa shape index (κ3) is 1.41. The average molecular weight is 172 g/mol. The first-order valence-electron chi connectivity index (χ1n) is 5.15. The Labute approximate surface area is 80.3 Å². The molecule has 0 aromatic heterocycles. The van der Waals surface area contributed by atoms with Crippen molar-refractivity contribution in [2.24, 2.45) is 0 Å². The number of benzene rings is 1. The SMILES string of the molecule is CCC1=Cc2c(CC)cccc2C1. The molecule has 0 radical (unpaired) electrons. The molecule has 0 unspecified atom stereocenters. The summed E-state index contributed by atoms with van der Waals surface area (Å²) in [6.45, 7) is 4.47. The van der Waals surface area contributed by atoms with Crippen molar-refractivity contribution < 1.29 is 0 Å². The van der Waals surface area contributed by atoms with E-state index in [1.165, 1.54) is 29.5 Å². The van der Waals surface area contributed by atoms with Crippen molar-refractivity contribution in [3.63, 3.8) is 0 Å². The molecule has 0 fully saturated rings. The van der Waals surface area contributed by atoms with Crippen molar-refractivity contribution in [2.45, 2.75) is 33.1 Å². The monoisotopic (exact) mass is 172 g/mol. The van der Waals surface area contributed by atoms with E-state index in [0.717, 1.165) is 6.42 Å². The quantitative estimate of drug-likeness (QED) is 0.639. The second-order valence-electron chi connectivity index (χ2n) is 3.68. The maximum absolute atomic E-state index is 2.38. The Balaban J connectivity index is 2.45. The van der Waals surface area contributed by atoms with E-state index in [1.54, 1.807) is 5.57 Å². The largest absolute Gasteiger partial charge is 0.0655 e. The third-order valence-corrected chi connectivity index (χ3v) is 2.89. The summed E-state index contributed by atoms with van der Waals surface area (Å²) in [4.78, 5) is 0. The van der Waals surface area contributed by atoms with Crippen LogP contribution in [0.25, 0.3) is 6.08 Å². The summed E-state index contributed by atoms with van der Waals surface area (Å²) in [6, 6.07) is 6.69. The van der Waals surface area contributed by atoms with Gasteiger partial charge in [-0.1, -0.05) is 43.7 Å². The average Bonchev–Trinajstić information content (AvgIpc) is 2.59. The van der Waals surface area contributed by atoms with Crippen LogP contribution in [-0.2, 0) is 12.8 Å². The Morgan fingerprint density at radius 1 is 1.15 bits per heavy atom. The van der Waals surface area contributed by atoms with Gasteiger partial charge in [0.2, 0.25) is 0 Å². The van der Waals surface area contributed by atoms with Crippen LogP contribution in [0.3, 0.4) is 0 Å². The second kappa shape index (κ2) is 3.37. The van der Waals surface area contributed by atoms with Gasteiger partial charge in [-0.25, -0.2) is 0 Å². The van der Waals surface area contributed by atoms with Crippen molar-refractivity contribution in [2.75, 3.05) is 0 Å². The van der Waals surface area contributed by atoms with Gasteiger partial charge in [0.1, 0.15) is 0 Å². The van der Waals surface area contributed by atoms with Crippen molar-refractivity contribution >= 4 is 6.08 Å². The molecule has 1 aromatic carbocycles. The van der Waals surface area contributed by atoms with Gasteiger partial charge >= 0.3 is 0 Å². The van der Waals surface area contributed by atoms with Gasteiger partial charge in [0.05, 0.1) is 0 Å². The van der Waals surface area contributed by atoms with E-state index >= 15 is 0 Å². The normalized spacial score (nSPS) is 14.2. The molecule has 0 heterocycles. The van der Waals surface area contributed by atoms with Gasteiger partial charge in [-0.3, -0.25) is 0 Å². The van der Waals surface area contributed by atoms with Crippen LogP contribution in [0, 0.1) is 0 Å². The van der Waals surface area contributed by atoms with Gasteiger partial charge in [-0.15, -0.1) is 0 Å². The molecule has 0 nitrogen and oxygen atoms in total. The summed E-state index contributed by atoms with van der Waals surface area (Å²) in [7, 11) is 0. The van der Waals surface area contributed by atoms with Gasteiger partial charge in [0.25, 0.3) is 0 Å². The molecule has 0 N–H and O–H groups in total. The number of fused-ring (bicyclic) bond motifs is 1. The highest BCUT2D eigenvalue weighted by Gasteiger charge is 2.12. The lowest BCUT2D eigenvalue weighted by atomic mass is 10.0. The van der Waals surface area contributed by atoms with E-state index in [0.29, 0.717) is 0 Å². The van der Waals surface area contributed by atoms with Crippen molar-refractivity contribution in [1.29, 1.82) is 0 Å². The van der Waals surface area contributed by atoms with Gasteiger partial charge in [-0.05, 0) is 36.0 Å². The molecule has 0 saturated carbocycles. The smallest absolute Gasteiger partial charge is 0.00578 e. The Morgan fingerprint density at radius 2 is 2.00 bits per heavy atom. The van der Waals surface area contributed by atoms with E-state index < -0.39 is 0 Å². The lowest BCUT2D eigenvalue weighted by Crippen LogP contribution is -1.88. The lowest BCUT2D eigenvalue weighted by Gasteiger charge is -2.03. The topological polar surface area (TPSA) is 0 Å². The third-order valence-electron chi connectivity index (χ3n) is 2.89. The highest BCUT2D eigenvalue weighted by atomic mass is 14.2. The van der Waals surface area contributed by atoms with Crippen LogP contribution in [0.5, 0.6) is 0 Å². The van der Waals surface area contributed by atoms with Crippen LogP contribution in [0.1, 0.15) is 37.0 Å². The Bertz CT molecular complexity index is 345. The van der Waals surface area contributed by atoms with E-state index in [2.05, 4.69) is 38.1 Å². The number of allylic oxidation sites excluding steroid dienone is 1. The van der Waals surface area contributed by atoms with Crippen molar-refractivity contribution in [3.8, 4) is 0 Å². The molecule has 0 spiro atoms. The van der Waals surface area contributed by atoms with E-state index in [9.17, 15) is 0 Å². The van der Waals surface area contributed by atoms with Crippen LogP contribution >= 0.6 is 0 Å². The molecule has 1 aliphatic carbocycles.